The van der Waals surface area contributed by atoms with Crippen LogP contribution < -0.4 is 0 Å². The average molecular weight is 188 g/mol. The highest BCUT2D eigenvalue weighted by Crippen LogP contribution is 2.27. The van der Waals surface area contributed by atoms with Gasteiger partial charge < -0.3 is 0 Å². The first-order valence-electron chi connectivity index (χ1n) is 3.28. The van der Waals surface area contributed by atoms with E-state index < -0.39 is 31.4 Å². The van der Waals surface area contributed by atoms with Crippen LogP contribution in [-0.2, 0) is 0 Å². The number of hydrogen-bond acceptors (Lipinski definition) is 0. The standard InChI is InChI=1S/C7H9F5/c1-2-3-5(9)6(10)7(11,12)4-8/h2,5-6H,1,3-4H2. The highest BCUT2D eigenvalue weighted by Gasteiger charge is 2.45. The molecular weight excluding hydrogens is 179 g/mol. The van der Waals surface area contributed by atoms with Crippen molar-refractivity contribution in [3.8, 4) is 0 Å². The van der Waals surface area contributed by atoms with Crippen LogP contribution in [0.5, 0.6) is 0 Å². The summed E-state index contributed by atoms with van der Waals surface area (Å²) in [5.41, 5.74) is 0. The van der Waals surface area contributed by atoms with Crippen molar-refractivity contribution >= 4 is 0 Å². The summed E-state index contributed by atoms with van der Waals surface area (Å²) in [5.74, 6) is -4.23. The monoisotopic (exact) mass is 188 g/mol. The lowest BCUT2D eigenvalue weighted by atomic mass is 10.1. The van der Waals surface area contributed by atoms with Gasteiger partial charge in [-0.1, -0.05) is 6.08 Å². The van der Waals surface area contributed by atoms with Crippen LogP contribution in [0, 0.1) is 0 Å². The zero-order valence-electron chi connectivity index (χ0n) is 6.24. The smallest absolute Gasteiger partial charge is 0.244 e. The molecule has 0 amide bonds. The van der Waals surface area contributed by atoms with Gasteiger partial charge in [0, 0.05) is 0 Å². The average Bonchev–Trinajstić information content (AvgIpc) is 2.03. The maximum Gasteiger partial charge on any atom is 0.309 e. The second-order valence-electron chi connectivity index (χ2n) is 2.34. The summed E-state index contributed by atoms with van der Waals surface area (Å²) in [5, 5.41) is 0. The molecule has 0 radical (unpaired) electrons. The zero-order valence-corrected chi connectivity index (χ0v) is 6.24. The van der Waals surface area contributed by atoms with Crippen LogP contribution >= 0.6 is 0 Å². The van der Waals surface area contributed by atoms with Crippen molar-refractivity contribution < 1.29 is 22.0 Å². The van der Waals surface area contributed by atoms with Gasteiger partial charge in [0.25, 0.3) is 0 Å². The van der Waals surface area contributed by atoms with E-state index in [1.54, 1.807) is 0 Å². The van der Waals surface area contributed by atoms with Crippen molar-refractivity contribution in [1.82, 2.24) is 0 Å². The summed E-state index contributed by atoms with van der Waals surface area (Å²) in [7, 11) is 0. The van der Waals surface area contributed by atoms with Gasteiger partial charge in [0.15, 0.2) is 12.8 Å². The van der Waals surface area contributed by atoms with Crippen molar-refractivity contribution in [1.29, 1.82) is 0 Å². The highest BCUT2D eigenvalue weighted by molar-refractivity contribution is 4.86. The van der Waals surface area contributed by atoms with Gasteiger partial charge in [0.05, 0.1) is 0 Å². The van der Waals surface area contributed by atoms with E-state index in [1.165, 1.54) is 0 Å². The topological polar surface area (TPSA) is 0 Å². The minimum absolute atomic E-state index is 0.545. The first kappa shape index (κ1) is 11.4. The van der Waals surface area contributed by atoms with Gasteiger partial charge in [-0.2, -0.15) is 0 Å². The summed E-state index contributed by atoms with van der Waals surface area (Å²) in [6.45, 7) is 0.857. The number of allylic oxidation sites excluding steroid dienone is 1. The number of hydrogen-bond donors (Lipinski definition) is 0. The Morgan fingerprint density at radius 1 is 1.33 bits per heavy atom. The van der Waals surface area contributed by atoms with Gasteiger partial charge in [-0.3, -0.25) is 0 Å². The van der Waals surface area contributed by atoms with E-state index in [-0.39, 0.29) is 0 Å². The van der Waals surface area contributed by atoms with Gasteiger partial charge in [-0.15, -0.1) is 6.58 Å². The molecule has 0 N–H and O–H groups in total. The quantitative estimate of drug-likeness (QED) is 0.459. The molecule has 0 aromatic heterocycles. The molecule has 0 aliphatic rings. The second kappa shape index (κ2) is 4.42. The van der Waals surface area contributed by atoms with E-state index in [4.69, 9.17) is 0 Å². The Balaban J connectivity index is 4.16. The summed E-state index contributed by atoms with van der Waals surface area (Å²) < 4.78 is 60.4. The van der Waals surface area contributed by atoms with Crippen molar-refractivity contribution in [3.63, 3.8) is 0 Å². The molecule has 72 valence electrons. The SMILES string of the molecule is C=CCC(F)C(F)C(F)(F)CF. The first-order chi connectivity index (χ1) is 5.45. The summed E-state index contributed by atoms with van der Waals surface area (Å²) in [6, 6.07) is 0. The Hall–Kier alpha value is -0.610. The normalized spacial score (nSPS) is 17.1. The number of halogens is 5. The minimum Gasteiger partial charge on any atom is -0.244 e. The molecule has 0 aliphatic heterocycles. The lowest BCUT2D eigenvalue weighted by Gasteiger charge is -2.19. The summed E-state index contributed by atoms with van der Waals surface area (Å²) in [4.78, 5) is 0. The molecule has 0 rings (SSSR count). The predicted molar refractivity (Wildman–Crippen MR) is 35.5 cm³/mol. The minimum atomic E-state index is -4.23. The fourth-order valence-corrected chi connectivity index (χ4v) is 0.617. The molecule has 0 saturated heterocycles. The molecule has 0 nitrogen and oxygen atoms in total. The molecule has 2 unspecified atom stereocenters. The Labute approximate surface area is 67.1 Å². The van der Waals surface area contributed by atoms with Gasteiger partial charge >= 0.3 is 5.92 Å². The number of rotatable bonds is 5. The van der Waals surface area contributed by atoms with Crippen LogP contribution in [0.4, 0.5) is 22.0 Å². The molecule has 0 saturated carbocycles. The van der Waals surface area contributed by atoms with Crippen LogP contribution in [-0.4, -0.2) is 24.9 Å². The van der Waals surface area contributed by atoms with Crippen LogP contribution in [0.1, 0.15) is 6.42 Å². The van der Waals surface area contributed by atoms with Crippen molar-refractivity contribution in [2.45, 2.75) is 24.7 Å². The molecule has 0 aromatic rings. The van der Waals surface area contributed by atoms with E-state index in [2.05, 4.69) is 6.58 Å². The van der Waals surface area contributed by atoms with Gasteiger partial charge in [0.2, 0.25) is 0 Å². The molecule has 0 heterocycles. The molecule has 12 heavy (non-hydrogen) atoms. The van der Waals surface area contributed by atoms with Gasteiger partial charge in [0.1, 0.15) is 6.17 Å². The Kier molecular flexibility index (Phi) is 4.20. The number of alkyl halides is 5. The molecule has 0 spiro atoms. The Bertz CT molecular complexity index is 145. The van der Waals surface area contributed by atoms with Crippen LogP contribution in [0.2, 0.25) is 0 Å². The maximum absolute atomic E-state index is 12.4. The Morgan fingerprint density at radius 2 is 1.83 bits per heavy atom. The van der Waals surface area contributed by atoms with Crippen molar-refractivity contribution in [2.75, 3.05) is 6.67 Å². The Morgan fingerprint density at radius 3 is 2.17 bits per heavy atom. The third kappa shape index (κ3) is 2.79. The van der Waals surface area contributed by atoms with Crippen molar-refractivity contribution in [3.05, 3.63) is 12.7 Å². The van der Waals surface area contributed by atoms with E-state index in [0.29, 0.717) is 0 Å². The molecule has 2 atom stereocenters. The largest absolute Gasteiger partial charge is 0.309 e. The van der Waals surface area contributed by atoms with Crippen LogP contribution in [0.15, 0.2) is 12.7 Å². The molecule has 0 aliphatic carbocycles. The molecular formula is C7H9F5. The molecule has 0 fully saturated rings. The van der Waals surface area contributed by atoms with Gasteiger partial charge in [-0.25, -0.2) is 22.0 Å². The van der Waals surface area contributed by atoms with E-state index in [0.717, 1.165) is 6.08 Å². The highest BCUT2D eigenvalue weighted by atomic mass is 19.3. The summed E-state index contributed by atoms with van der Waals surface area (Å²) >= 11 is 0. The molecule has 0 bridgehead atoms. The lowest BCUT2D eigenvalue weighted by Crippen LogP contribution is -2.39. The third-order valence-corrected chi connectivity index (χ3v) is 1.29. The van der Waals surface area contributed by atoms with E-state index in [1.807, 2.05) is 0 Å². The molecule has 5 heteroatoms. The maximum atomic E-state index is 12.4. The fourth-order valence-electron chi connectivity index (χ4n) is 0.617. The van der Waals surface area contributed by atoms with E-state index >= 15 is 0 Å². The predicted octanol–water partition coefficient (Wildman–Crippen LogP) is 2.84. The van der Waals surface area contributed by atoms with Crippen LogP contribution in [0.3, 0.4) is 0 Å². The fraction of sp³-hybridized carbons (Fsp3) is 0.714. The van der Waals surface area contributed by atoms with Crippen molar-refractivity contribution in [2.24, 2.45) is 0 Å². The zero-order chi connectivity index (χ0) is 9.78. The molecule has 0 aromatic carbocycles. The lowest BCUT2D eigenvalue weighted by molar-refractivity contribution is -0.111. The first-order valence-corrected chi connectivity index (χ1v) is 3.28. The summed E-state index contributed by atoms with van der Waals surface area (Å²) in [6.07, 6.45) is -5.07. The second-order valence-corrected chi connectivity index (χ2v) is 2.34. The van der Waals surface area contributed by atoms with Crippen LogP contribution in [0.25, 0.3) is 0 Å². The third-order valence-electron chi connectivity index (χ3n) is 1.29. The van der Waals surface area contributed by atoms with Gasteiger partial charge in [-0.05, 0) is 6.42 Å². The van der Waals surface area contributed by atoms with E-state index in [9.17, 15) is 22.0 Å².